The van der Waals surface area contributed by atoms with Gasteiger partial charge in [0.25, 0.3) is 0 Å². The predicted molar refractivity (Wildman–Crippen MR) is 29.3 cm³/mol. The Morgan fingerprint density at radius 1 is 1.40 bits per heavy atom. The predicted octanol–water partition coefficient (Wildman–Crippen LogP) is -0.830. The van der Waals surface area contributed by atoms with Crippen molar-refractivity contribution in [2.24, 2.45) is 5.73 Å². The van der Waals surface area contributed by atoms with Crippen LogP contribution in [0.1, 0.15) is 13.8 Å². The molecule has 0 atom stereocenters. The number of hydrogen-bond acceptors (Lipinski definition) is 1. The van der Waals surface area contributed by atoms with Crippen molar-refractivity contribution in [2.75, 3.05) is 0 Å². The molecule has 0 heterocycles. The standard InChI is InChI=1S/C3H9N.Al.3H/c1-3(2)4;;;;/h3H,4H2,1-2H3;;;;. The van der Waals surface area contributed by atoms with Crippen molar-refractivity contribution in [3.05, 3.63) is 0 Å². The van der Waals surface area contributed by atoms with E-state index < -0.39 is 0 Å². The van der Waals surface area contributed by atoms with Crippen LogP contribution in [-0.4, -0.2) is 23.4 Å². The summed E-state index contributed by atoms with van der Waals surface area (Å²) in [6.45, 7) is 3.89. The fourth-order valence-corrected chi connectivity index (χ4v) is 0. The quantitative estimate of drug-likeness (QED) is 0.385. The Balaban J connectivity index is 0. The molecule has 2 N–H and O–H groups in total. The van der Waals surface area contributed by atoms with Gasteiger partial charge in [-0.3, -0.25) is 0 Å². The van der Waals surface area contributed by atoms with Gasteiger partial charge in [0.15, 0.2) is 17.4 Å². The highest BCUT2D eigenvalue weighted by molar-refractivity contribution is 5.75. The zero-order chi connectivity index (χ0) is 3.58. The van der Waals surface area contributed by atoms with E-state index in [1.54, 1.807) is 0 Å². The van der Waals surface area contributed by atoms with E-state index in [1.807, 2.05) is 13.8 Å². The highest BCUT2D eigenvalue weighted by Crippen LogP contribution is 1.58. The molecule has 0 aromatic carbocycles. The molecule has 0 spiro atoms. The lowest BCUT2D eigenvalue weighted by Crippen LogP contribution is -2.06. The lowest BCUT2D eigenvalue weighted by Gasteiger charge is -1.81. The third-order valence-corrected chi connectivity index (χ3v) is 0. The van der Waals surface area contributed by atoms with E-state index in [4.69, 9.17) is 5.73 Å². The van der Waals surface area contributed by atoms with Crippen molar-refractivity contribution >= 4 is 17.4 Å². The molecule has 0 unspecified atom stereocenters. The van der Waals surface area contributed by atoms with Crippen molar-refractivity contribution < 1.29 is 0 Å². The second kappa shape index (κ2) is 4.49. The summed E-state index contributed by atoms with van der Waals surface area (Å²) in [6.07, 6.45) is 0. The first-order chi connectivity index (χ1) is 1.73. The molecular formula is C3H12AlN. The molecule has 5 heavy (non-hydrogen) atoms. The summed E-state index contributed by atoms with van der Waals surface area (Å²) >= 11 is 0. The molecule has 0 aromatic rings. The smallest absolute Gasteiger partial charge is 0.187 e. The van der Waals surface area contributed by atoms with Gasteiger partial charge in [-0.25, -0.2) is 0 Å². The normalized spacial score (nSPS) is 7.20. The first kappa shape index (κ1) is 9.09. The number of nitrogens with two attached hydrogens (primary N) is 1. The highest BCUT2D eigenvalue weighted by atomic mass is 27.0. The van der Waals surface area contributed by atoms with Crippen LogP contribution in [0.5, 0.6) is 0 Å². The van der Waals surface area contributed by atoms with Crippen LogP contribution < -0.4 is 5.73 Å². The van der Waals surface area contributed by atoms with Gasteiger partial charge in [0, 0.05) is 0 Å². The molecule has 0 aliphatic rings. The average molecular weight is 89.1 g/mol. The molecule has 0 aliphatic carbocycles. The molecule has 0 aliphatic heterocycles. The minimum absolute atomic E-state index is 0. The molecule has 2 heteroatoms. The minimum Gasteiger partial charge on any atom is -0.328 e. The summed E-state index contributed by atoms with van der Waals surface area (Å²) in [7, 11) is 0. The van der Waals surface area contributed by atoms with Gasteiger partial charge in [-0.15, -0.1) is 0 Å². The third-order valence-electron chi connectivity index (χ3n) is 0. The first-order valence-electron chi connectivity index (χ1n) is 1.49. The molecular weight excluding hydrogens is 77.0 g/mol. The van der Waals surface area contributed by atoms with Crippen LogP contribution in [0.4, 0.5) is 0 Å². The van der Waals surface area contributed by atoms with Gasteiger partial charge in [0.05, 0.1) is 0 Å². The summed E-state index contributed by atoms with van der Waals surface area (Å²) in [5.41, 5.74) is 5.11. The fourth-order valence-electron chi connectivity index (χ4n) is 0. The van der Waals surface area contributed by atoms with E-state index in [0.29, 0.717) is 6.04 Å². The van der Waals surface area contributed by atoms with E-state index >= 15 is 0 Å². The van der Waals surface area contributed by atoms with E-state index in [2.05, 4.69) is 0 Å². The van der Waals surface area contributed by atoms with Gasteiger partial charge in [-0.2, -0.15) is 0 Å². The monoisotopic (exact) mass is 89.1 g/mol. The van der Waals surface area contributed by atoms with Crippen molar-refractivity contribution in [3.8, 4) is 0 Å². The second-order valence-electron chi connectivity index (χ2n) is 1.24. The van der Waals surface area contributed by atoms with Crippen molar-refractivity contribution in [2.45, 2.75) is 19.9 Å². The molecule has 0 saturated carbocycles. The molecule has 0 rings (SSSR count). The van der Waals surface area contributed by atoms with E-state index in [0.717, 1.165) is 0 Å². The van der Waals surface area contributed by atoms with Crippen molar-refractivity contribution in [1.29, 1.82) is 0 Å². The van der Waals surface area contributed by atoms with Crippen LogP contribution in [0.25, 0.3) is 0 Å². The van der Waals surface area contributed by atoms with Gasteiger partial charge in [-0.05, 0) is 6.04 Å². The summed E-state index contributed by atoms with van der Waals surface area (Å²) in [5, 5.41) is 0. The van der Waals surface area contributed by atoms with Crippen LogP contribution in [0.15, 0.2) is 0 Å². The third kappa shape index (κ3) is 115. The molecule has 0 fully saturated rings. The van der Waals surface area contributed by atoms with Crippen molar-refractivity contribution in [1.82, 2.24) is 0 Å². The second-order valence-corrected chi connectivity index (χ2v) is 1.24. The van der Waals surface area contributed by atoms with Gasteiger partial charge in [0.2, 0.25) is 0 Å². The SMILES string of the molecule is CC(C)N.[AlH3]. The molecule has 0 bridgehead atoms. The maximum atomic E-state index is 5.11. The summed E-state index contributed by atoms with van der Waals surface area (Å²) < 4.78 is 0. The van der Waals surface area contributed by atoms with Crippen LogP contribution >= 0.6 is 0 Å². The largest absolute Gasteiger partial charge is 0.328 e. The van der Waals surface area contributed by atoms with E-state index in [9.17, 15) is 0 Å². The van der Waals surface area contributed by atoms with E-state index in [1.165, 1.54) is 0 Å². The molecule has 0 aromatic heterocycles. The Morgan fingerprint density at radius 3 is 1.40 bits per heavy atom. The van der Waals surface area contributed by atoms with Gasteiger partial charge < -0.3 is 5.73 Å². The molecule has 32 valence electrons. The van der Waals surface area contributed by atoms with Gasteiger partial charge >= 0.3 is 0 Å². The zero-order valence-corrected chi connectivity index (χ0v) is 3.15. The van der Waals surface area contributed by atoms with E-state index in [-0.39, 0.29) is 17.4 Å². The van der Waals surface area contributed by atoms with Crippen LogP contribution in [0.2, 0.25) is 0 Å². The molecule has 0 saturated heterocycles. The molecule has 0 amide bonds. The molecule has 1 nitrogen and oxygen atoms in total. The Kier molecular flexibility index (Phi) is 8.17. The van der Waals surface area contributed by atoms with Crippen LogP contribution in [-0.2, 0) is 0 Å². The summed E-state index contributed by atoms with van der Waals surface area (Å²) in [4.78, 5) is 0. The molecule has 0 radical (unpaired) electrons. The Labute approximate surface area is 43.7 Å². The number of hydrogen-bond donors (Lipinski definition) is 1. The lowest BCUT2D eigenvalue weighted by molar-refractivity contribution is 0.834. The fraction of sp³-hybridized carbons (Fsp3) is 1.00. The van der Waals surface area contributed by atoms with Gasteiger partial charge in [-0.1, -0.05) is 13.8 Å². The van der Waals surface area contributed by atoms with Crippen molar-refractivity contribution in [3.63, 3.8) is 0 Å². The minimum atomic E-state index is 0. The summed E-state index contributed by atoms with van der Waals surface area (Å²) in [6, 6.07) is 0.333. The van der Waals surface area contributed by atoms with Gasteiger partial charge in [0.1, 0.15) is 0 Å². The maximum absolute atomic E-state index is 5.11. The number of rotatable bonds is 0. The topological polar surface area (TPSA) is 26.0 Å². The Hall–Kier alpha value is 0.492. The van der Waals surface area contributed by atoms with Crippen LogP contribution in [0.3, 0.4) is 0 Å². The zero-order valence-electron chi connectivity index (χ0n) is 3.15. The summed E-state index contributed by atoms with van der Waals surface area (Å²) in [5.74, 6) is 0. The average Bonchev–Trinajstić information content (AvgIpc) is 0.811. The Morgan fingerprint density at radius 2 is 1.40 bits per heavy atom. The highest BCUT2D eigenvalue weighted by Gasteiger charge is 1.67. The lowest BCUT2D eigenvalue weighted by atomic mass is 10.5. The maximum Gasteiger partial charge on any atom is 0.187 e. The van der Waals surface area contributed by atoms with Crippen LogP contribution in [0, 0.1) is 0 Å². The Bertz CT molecular complexity index is 11.6. The first-order valence-corrected chi connectivity index (χ1v) is 1.49.